The predicted molar refractivity (Wildman–Crippen MR) is 158 cm³/mol. The Hall–Kier alpha value is -4.21. The standard InChI is InChI=1S/C36H27P/c1-6-16-29(17-7-1)36(30-18-8-2-9-19-30,31-20-10-3-11-21-31)32-26-27-35(28-32)37(33-22-12-4-13-23-33)34-24-14-5-15-25-34/h1-27H. The fourth-order valence-electron chi connectivity index (χ4n) is 5.35. The van der Waals surface area contributed by atoms with Crippen LogP contribution in [0.25, 0.3) is 0 Å². The molecule has 0 heterocycles. The highest BCUT2D eigenvalue weighted by molar-refractivity contribution is 7.77. The van der Waals surface area contributed by atoms with Gasteiger partial charge in [0, 0.05) is 10.9 Å². The van der Waals surface area contributed by atoms with Gasteiger partial charge in [0.2, 0.25) is 0 Å². The Morgan fingerprint density at radius 1 is 0.405 bits per heavy atom. The fraction of sp³-hybridized carbons (Fsp3) is 0.0278. The van der Waals surface area contributed by atoms with Crippen molar-refractivity contribution in [3.63, 3.8) is 0 Å². The number of rotatable bonds is 7. The molecule has 1 aliphatic carbocycles. The van der Waals surface area contributed by atoms with E-state index in [0.29, 0.717) is 0 Å². The molecule has 0 N–H and O–H groups in total. The maximum absolute atomic E-state index is 3.98. The highest BCUT2D eigenvalue weighted by Crippen LogP contribution is 2.50. The minimum atomic E-state index is -0.735. The monoisotopic (exact) mass is 490 g/mol. The minimum Gasteiger partial charge on any atom is -0.107 e. The Morgan fingerprint density at radius 3 is 1.14 bits per heavy atom. The van der Waals surface area contributed by atoms with Crippen LogP contribution in [0.1, 0.15) is 16.7 Å². The van der Waals surface area contributed by atoms with Gasteiger partial charge in [-0.3, -0.25) is 0 Å². The van der Waals surface area contributed by atoms with Crippen molar-refractivity contribution in [2.75, 3.05) is 0 Å². The van der Waals surface area contributed by atoms with Crippen LogP contribution in [0, 0.1) is 0 Å². The van der Waals surface area contributed by atoms with E-state index in [0.717, 1.165) is 0 Å². The summed E-state index contributed by atoms with van der Waals surface area (Å²) in [5.74, 6) is 0. The first-order chi connectivity index (χ1) is 18.4. The Bertz CT molecular complexity index is 1430. The summed E-state index contributed by atoms with van der Waals surface area (Å²) in [5.41, 5.74) is 8.39. The molecule has 1 heteroatoms. The number of hydrogen-bond acceptors (Lipinski definition) is 0. The lowest BCUT2D eigenvalue weighted by Gasteiger charge is -2.36. The highest BCUT2D eigenvalue weighted by Gasteiger charge is 2.40. The summed E-state index contributed by atoms with van der Waals surface area (Å²) in [7, 11) is -0.735. The van der Waals surface area contributed by atoms with Gasteiger partial charge in [-0.25, -0.2) is 0 Å². The third kappa shape index (κ3) is 4.32. The summed E-state index contributed by atoms with van der Waals surface area (Å²) in [4.78, 5) is 0. The van der Waals surface area contributed by atoms with E-state index in [1.807, 2.05) is 0 Å². The highest BCUT2D eigenvalue weighted by atomic mass is 31.1. The maximum atomic E-state index is 3.98. The second-order valence-corrected chi connectivity index (χ2v) is 11.3. The van der Waals surface area contributed by atoms with Crippen molar-refractivity contribution in [3.8, 4) is 0 Å². The molecule has 5 aromatic carbocycles. The van der Waals surface area contributed by atoms with Crippen molar-refractivity contribution < 1.29 is 0 Å². The summed E-state index contributed by atoms with van der Waals surface area (Å²) >= 11 is 0. The van der Waals surface area contributed by atoms with Gasteiger partial charge in [0.1, 0.15) is 0 Å². The molecule has 0 amide bonds. The lowest BCUT2D eigenvalue weighted by atomic mass is 9.65. The van der Waals surface area contributed by atoms with Crippen molar-refractivity contribution in [1.82, 2.24) is 0 Å². The van der Waals surface area contributed by atoms with Gasteiger partial charge in [-0.05, 0) is 47.4 Å². The molecule has 0 aromatic heterocycles. The van der Waals surface area contributed by atoms with Crippen LogP contribution in [0.15, 0.2) is 180 Å². The molecule has 6 rings (SSSR count). The molecule has 0 saturated heterocycles. The van der Waals surface area contributed by atoms with Crippen LogP contribution in [0.5, 0.6) is 0 Å². The van der Waals surface area contributed by atoms with Gasteiger partial charge < -0.3 is 0 Å². The Morgan fingerprint density at radius 2 is 0.757 bits per heavy atom. The summed E-state index contributed by atoms with van der Waals surface area (Å²) in [6.45, 7) is 0. The molecular weight excluding hydrogens is 463 g/mol. The van der Waals surface area contributed by atoms with Crippen LogP contribution in [-0.2, 0) is 5.41 Å². The van der Waals surface area contributed by atoms with Crippen molar-refractivity contribution in [2.24, 2.45) is 0 Å². The van der Waals surface area contributed by atoms with E-state index >= 15 is 0 Å². The number of allylic oxidation sites excluding steroid dienone is 3. The smallest absolute Gasteiger partial charge is 0.0774 e. The summed E-state index contributed by atoms with van der Waals surface area (Å²) in [5, 5.41) is 3.92. The normalized spacial score (nSPS) is 12.9. The average molecular weight is 491 g/mol. The zero-order valence-corrected chi connectivity index (χ0v) is 21.4. The van der Waals surface area contributed by atoms with Gasteiger partial charge in [0.25, 0.3) is 0 Å². The van der Waals surface area contributed by atoms with Gasteiger partial charge >= 0.3 is 0 Å². The summed E-state index contributed by atoms with van der Waals surface area (Å²) in [6.07, 6.45) is 4.59. The van der Waals surface area contributed by atoms with Crippen molar-refractivity contribution in [2.45, 2.75) is 5.41 Å². The molecule has 0 fully saturated rings. The molecule has 176 valence electrons. The molecule has 0 radical (unpaired) electrons. The van der Waals surface area contributed by atoms with E-state index in [4.69, 9.17) is 0 Å². The van der Waals surface area contributed by atoms with Crippen molar-refractivity contribution in [1.29, 1.82) is 0 Å². The van der Waals surface area contributed by atoms with E-state index in [9.17, 15) is 0 Å². The molecule has 0 saturated carbocycles. The van der Waals surface area contributed by atoms with Gasteiger partial charge in [0.05, 0.1) is 5.41 Å². The molecule has 0 bridgehead atoms. The van der Waals surface area contributed by atoms with E-state index in [2.05, 4.69) is 170 Å². The van der Waals surface area contributed by atoms with Crippen LogP contribution < -0.4 is 10.6 Å². The second-order valence-electron chi connectivity index (χ2n) is 9.11. The zero-order chi connectivity index (χ0) is 24.9. The lowest BCUT2D eigenvalue weighted by molar-refractivity contribution is 0.747. The van der Waals surface area contributed by atoms with Gasteiger partial charge in [-0.2, -0.15) is 0 Å². The van der Waals surface area contributed by atoms with Crippen LogP contribution in [-0.4, -0.2) is 0 Å². The molecular formula is C36H27P. The maximum Gasteiger partial charge on any atom is 0.0774 e. The van der Waals surface area contributed by atoms with Crippen LogP contribution >= 0.6 is 7.92 Å². The van der Waals surface area contributed by atoms with Gasteiger partial charge in [-0.15, -0.1) is 5.73 Å². The molecule has 1 aliphatic rings. The first-order valence-corrected chi connectivity index (χ1v) is 14.0. The van der Waals surface area contributed by atoms with Crippen LogP contribution in [0.3, 0.4) is 0 Å². The first-order valence-electron chi connectivity index (χ1n) is 12.6. The Kier molecular flexibility index (Phi) is 6.53. The molecule has 0 nitrogen and oxygen atoms in total. The third-order valence-corrected chi connectivity index (χ3v) is 9.34. The minimum absolute atomic E-state index is 0.476. The molecule has 0 aliphatic heterocycles. The lowest BCUT2D eigenvalue weighted by Crippen LogP contribution is -2.30. The van der Waals surface area contributed by atoms with E-state index in [1.165, 1.54) is 38.2 Å². The van der Waals surface area contributed by atoms with Crippen LogP contribution in [0.2, 0.25) is 0 Å². The molecule has 37 heavy (non-hydrogen) atoms. The number of hydrogen-bond donors (Lipinski definition) is 0. The van der Waals surface area contributed by atoms with Crippen molar-refractivity contribution >= 4 is 18.5 Å². The van der Waals surface area contributed by atoms with E-state index < -0.39 is 13.3 Å². The molecule has 0 atom stereocenters. The van der Waals surface area contributed by atoms with Gasteiger partial charge in [0.15, 0.2) is 0 Å². The Labute approximate surface area is 220 Å². The average Bonchev–Trinajstić information content (AvgIpc) is 3.46. The molecule has 0 unspecified atom stereocenters. The quantitative estimate of drug-likeness (QED) is 0.123. The zero-order valence-electron chi connectivity index (χ0n) is 20.5. The summed E-state index contributed by atoms with van der Waals surface area (Å²) in [6, 6.07) is 54.3. The molecule has 0 spiro atoms. The second kappa shape index (κ2) is 10.4. The largest absolute Gasteiger partial charge is 0.107 e. The SMILES string of the molecule is C1=C(P(c2ccccc2)c2ccccc2)C=CC=1C(c1ccccc1)(c1ccccc1)c1ccccc1. The first kappa shape index (κ1) is 23.2. The Balaban J connectivity index is 1.66. The number of benzene rings is 5. The molecule has 5 aromatic rings. The summed E-state index contributed by atoms with van der Waals surface area (Å²) < 4.78 is 0. The van der Waals surface area contributed by atoms with Crippen LogP contribution in [0.4, 0.5) is 0 Å². The third-order valence-electron chi connectivity index (χ3n) is 6.96. The van der Waals surface area contributed by atoms with Crippen molar-refractivity contribution in [3.05, 3.63) is 197 Å². The topological polar surface area (TPSA) is 0 Å². The fourth-order valence-corrected chi connectivity index (χ4v) is 7.60. The van der Waals surface area contributed by atoms with Gasteiger partial charge in [-0.1, -0.05) is 152 Å². The van der Waals surface area contributed by atoms with E-state index in [-0.39, 0.29) is 0 Å². The van der Waals surface area contributed by atoms with E-state index in [1.54, 1.807) is 0 Å². The predicted octanol–water partition coefficient (Wildman–Crippen LogP) is 8.13.